The Morgan fingerprint density at radius 3 is 2.53 bits per heavy atom. The van der Waals surface area contributed by atoms with Crippen molar-refractivity contribution in [3.8, 4) is 0 Å². The third-order valence-electron chi connectivity index (χ3n) is 5.60. The molecule has 1 heterocycles. The van der Waals surface area contributed by atoms with Crippen LogP contribution in [0.4, 0.5) is 5.69 Å². The van der Waals surface area contributed by atoms with Crippen LogP contribution in [0.5, 0.6) is 0 Å². The highest BCUT2D eigenvalue weighted by atomic mass is 16.5. The maximum atomic E-state index is 12.3. The number of nitrogens with zero attached hydrogens (tertiary/aromatic N) is 2. The molecule has 0 bridgehead atoms. The number of benzene rings is 2. The predicted octanol–water partition coefficient (Wildman–Crippen LogP) is 2.78. The summed E-state index contributed by atoms with van der Waals surface area (Å²) in [6, 6.07) is 16.4. The average Bonchev–Trinajstić information content (AvgIpc) is 2.84. The van der Waals surface area contributed by atoms with E-state index < -0.39 is 0 Å². The molecule has 0 atom stereocenters. The van der Waals surface area contributed by atoms with E-state index in [1.54, 1.807) is 7.05 Å². The molecule has 3 rings (SSSR count). The number of guanidine groups is 1. The van der Waals surface area contributed by atoms with E-state index in [9.17, 15) is 4.79 Å². The van der Waals surface area contributed by atoms with Gasteiger partial charge in [-0.25, -0.2) is 0 Å². The van der Waals surface area contributed by atoms with Crippen LogP contribution in [-0.2, 0) is 29.0 Å². The summed E-state index contributed by atoms with van der Waals surface area (Å²) in [4.78, 5) is 18.9. The largest absolute Gasteiger partial charge is 0.379 e. The van der Waals surface area contributed by atoms with Gasteiger partial charge in [0, 0.05) is 51.9 Å². The van der Waals surface area contributed by atoms with Gasteiger partial charge in [0.15, 0.2) is 5.96 Å². The Balaban J connectivity index is 1.45. The molecule has 1 aliphatic heterocycles. The number of rotatable bonds is 9. The summed E-state index contributed by atoms with van der Waals surface area (Å²) in [6.45, 7) is 7.57. The molecular weight excluding hydrogens is 402 g/mol. The summed E-state index contributed by atoms with van der Waals surface area (Å²) < 4.78 is 5.35. The Bertz CT molecular complexity index is 893. The van der Waals surface area contributed by atoms with Gasteiger partial charge in [0.25, 0.3) is 0 Å². The van der Waals surface area contributed by atoms with E-state index in [0.717, 1.165) is 63.0 Å². The van der Waals surface area contributed by atoms with Gasteiger partial charge in [-0.3, -0.25) is 14.7 Å². The lowest BCUT2D eigenvalue weighted by Gasteiger charge is -2.26. The smallest absolute Gasteiger partial charge is 0.225 e. The van der Waals surface area contributed by atoms with Crippen molar-refractivity contribution in [2.24, 2.45) is 4.99 Å². The van der Waals surface area contributed by atoms with Gasteiger partial charge < -0.3 is 20.7 Å². The van der Waals surface area contributed by atoms with Crippen LogP contribution in [0.1, 0.15) is 30.0 Å². The number of nitrogens with one attached hydrogen (secondary N) is 3. The van der Waals surface area contributed by atoms with Crippen molar-refractivity contribution in [2.75, 3.05) is 45.2 Å². The molecule has 1 fully saturated rings. The van der Waals surface area contributed by atoms with Gasteiger partial charge in [0.05, 0.1) is 13.2 Å². The van der Waals surface area contributed by atoms with E-state index in [0.29, 0.717) is 13.0 Å². The second kappa shape index (κ2) is 12.8. The highest BCUT2D eigenvalue weighted by Crippen LogP contribution is 2.12. The molecule has 1 saturated heterocycles. The predicted molar refractivity (Wildman–Crippen MR) is 130 cm³/mol. The van der Waals surface area contributed by atoms with Crippen LogP contribution in [0.25, 0.3) is 0 Å². The number of carbonyl (C=O) groups excluding carboxylic acids is 1. The fourth-order valence-electron chi connectivity index (χ4n) is 3.73. The zero-order valence-corrected chi connectivity index (χ0v) is 19.2. The Morgan fingerprint density at radius 2 is 1.78 bits per heavy atom. The van der Waals surface area contributed by atoms with Crippen LogP contribution in [0.3, 0.4) is 0 Å². The third kappa shape index (κ3) is 7.66. The van der Waals surface area contributed by atoms with Crippen LogP contribution in [0.2, 0.25) is 0 Å². The van der Waals surface area contributed by atoms with Gasteiger partial charge in [-0.1, -0.05) is 43.3 Å². The number of anilines is 1. The summed E-state index contributed by atoms with van der Waals surface area (Å²) in [5.74, 6) is 0.782. The highest BCUT2D eigenvalue weighted by Gasteiger charge is 2.12. The van der Waals surface area contributed by atoms with E-state index in [1.807, 2.05) is 24.3 Å². The lowest BCUT2D eigenvalue weighted by Crippen LogP contribution is -2.38. The molecule has 0 unspecified atom stereocenters. The molecule has 0 spiro atoms. The Kier molecular flexibility index (Phi) is 9.53. The van der Waals surface area contributed by atoms with Gasteiger partial charge in [0.2, 0.25) is 5.91 Å². The minimum Gasteiger partial charge on any atom is -0.379 e. The highest BCUT2D eigenvalue weighted by molar-refractivity contribution is 5.90. The summed E-state index contributed by atoms with van der Waals surface area (Å²) in [5, 5.41) is 9.74. The second-order valence-electron chi connectivity index (χ2n) is 7.85. The molecule has 1 amide bonds. The van der Waals surface area contributed by atoms with Crippen LogP contribution < -0.4 is 16.0 Å². The number of hydrogen-bond donors (Lipinski definition) is 3. The van der Waals surface area contributed by atoms with E-state index >= 15 is 0 Å². The molecule has 3 N–H and O–H groups in total. The van der Waals surface area contributed by atoms with Crippen molar-refractivity contribution in [1.29, 1.82) is 0 Å². The van der Waals surface area contributed by atoms with Crippen LogP contribution in [-0.4, -0.2) is 56.7 Å². The van der Waals surface area contributed by atoms with Crippen LogP contribution in [0, 0.1) is 0 Å². The summed E-state index contributed by atoms with van der Waals surface area (Å²) in [7, 11) is 1.77. The Morgan fingerprint density at radius 1 is 1.03 bits per heavy atom. The zero-order chi connectivity index (χ0) is 22.6. The molecule has 7 nitrogen and oxygen atoms in total. The lowest BCUT2D eigenvalue weighted by atomic mass is 10.1. The van der Waals surface area contributed by atoms with E-state index in [2.05, 4.69) is 57.0 Å². The Hall–Kier alpha value is -2.90. The topological polar surface area (TPSA) is 78.0 Å². The molecule has 1 aliphatic rings. The van der Waals surface area contributed by atoms with Gasteiger partial charge in [-0.15, -0.1) is 0 Å². The summed E-state index contributed by atoms with van der Waals surface area (Å²) in [5.41, 5.74) is 4.51. The van der Waals surface area contributed by atoms with Gasteiger partial charge in [-0.2, -0.15) is 0 Å². The average molecular weight is 438 g/mol. The first kappa shape index (κ1) is 23.8. The molecule has 2 aromatic carbocycles. The van der Waals surface area contributed by atoms with Gasteiger partial charge >= 0.3 is 0 Å². The first-order chi connectivity index (χ1) is 15.7. The summed E-state index contributed by atoms with van der Waals surface area (Å²) in [6.07, 6.45) is 1.49. The van der Waals surface area contributed by atoms with Crippen molar-refractivity contribution >= 4 is 17.6 Å². The van der Waals surface area contributed by atoms with E-state index in [4.69, 9.17) is 4.74 Å². The molecule has 2 aromatic rings. The Labute approximate surface area is 191 Å². The molecule has 32 heavy (non-hydrogen) atoms. The molecule has 0 aliphatic carbocycles. The van der Waals surface area contributed by atoms with Crippen molar-refractivity contribution in [2.45, 2.75) is 32.9 Å². The number of carbonyl (C=O) groups is 1. The minimum atomic E-state index is 0.0358. The maximum Gasteiger partial charge on any atom is 0.225 e. The monoisotopic (exact) mass is 437 g/mol. The van der Waals surface area contributed by atoms with Crippen LogP contribution >= 0.6 is 0 Å². The van der Waals surface area contributed by atoms with E-state index in [1.165, 1.54) is 11.1 Å². The maximum absolute atomic E-state index is 12.3. The number of aryl methyl sites for hydroxylation is 1. The first-order valence-electron chi connectivity index (χ1n) is 11.4. The third-order valence-corrected chi connectivity index (χ3v) is 5.60. The number of amides is 1. The molecule has 0 aromatic heterocycles. The van der Waals surface area contributed by atoms with Crippen molar-refractivity contribution in [3.05, 3.63) is 65.2 Å². The molecular formula is C25H35N5O2. The second-order valence-corrected chi connectivity index (χ2v) is 7.85. The molecule has 7 heteroatoms. The number of hydrogen-bond acceptors (Lipinski definition) is 4. The summed E-state index contributed by atoms with van der Waals surface area (Å²) >= 11 is 0. The fourth-order valence-corrected chi connectivity index (χ4v) is 3.73. The van der Waals surface area contributed by atoms with Gasteiger partial charge in [-0.05, 0) is 35.2 Å². The molecule has 0 radical (unpaired) electrons. The van der Waals surface area contributed by atoms with Crippen LogP contribution in [0.15, 0.2) is 53.5 Å². The minimum absolute atomic E-state index is 0.0358. The number of ether oxygens (including phenoxy) is 1. The first-order valence-corrected chi connectivity index (χ1v) is 11.4. The number of morpholine rings is 1. The van der Waals surface area contributed by atoms with Crippen molar-refractivity contribution in [1.82, 2.24) is 15.5 Å². The number of aliphatic imine (C=N–C) groups is 1. The standard InChI is InChI=1S/C25H35N5O2/c1-3-21-8-4-5-9-22(21)19-28-25(26-2)27-18-20-7-6-10-23(17-20)29-24(31)11-12-30-13-15-32-16-14-30/h4-10,17H,3,11-16,18-19H2,1-2H3,(H,29,31)(H2,26,27,28). The fraction of sp³-hybridized carbons (Fsp3) is 0.440. The van der Waals surface area contributed by atoms with E-state index in [-0.39, 0.29) is 5.91 Å². The van der Waals surface area contributed by atoms with Crippen molar-refractivity contribution in [3.63, 3.8) is 0 Å². The molecule has 0 saturated carbocycles. The zero-order valence-electron chi connectivity index (χ0n) is 19.2. The van der Waals surface area contributed by atoms with Gasteiger partial charge in [0.1, 0.15) is 0 Å². The van der Waals surface area contributed by atoms with Crippen molar-refractivity contribution < 1.29 is 9.53 Å². The molecule has 172 valence electrons. The SMILES string of the molecule is CCc1ccccc1CNC(=NC)NCc1cccc(NC(=O)CCN2CCOCC2)c1. The normalized spacial score (nSPS) is 14.8. The quantitative estimate of drug-likeness (QED) is 0.415. The lowest BCUT2D eigenvalue weighted by molar-refractivity contribution is -0.116.